The molecule has 3 nitrogen and oxygen atoms in total. The van der Waals surface area contributed by atoms with E-state index in [4.69, 9.17) is 4.99 Å². The average Bonchev–Trinajstić information content (AvgIpc) is 3.15. The minimum absolute atomic E-state index is 0.504. The summed E-state index contributed by atoms with van der Waals surface area (Å²) >= 11 is 0. The van der Waals surface area contributed by atoms with Crippen molar-refractivity contribution >= 4 is 11.8 Å². The van der Waals surface area contributed by atoms with Crippen molar-refractivity contribution in [2.75, 3.05) is 6.54 Å². The Morgan fingerprint density at radius 2 is 1.86 bits per heavy atom. The van der Waals surface area contributed by atoms with Crippen LogP contribution in [-0.4, -0.2) is 21.8 Å². The number of benzene rings is 1. The van der Waals surface area contributed by atoms with Gasteiger partial charge < -0.3 is 4.57 Å². The van der Waals surface area contributed by atoms with E-state index in [-0.39, 0.29) is 0 Å². The molecule has 0 saturated carbocycles. The number of allylic oxidation sites excluding steroid dienone is 1. The molecule has 0 saturated heterocycles. The van der Waals surface area contributed by atoms with Crippen LogP contribution < -0.4 is 0 Å². The van der Waals surface area contributed by atoms with Gasteiger partial charge in [0.15, 0.2) is 0 Å². The first-order valence-corrected chi connectivity index (χ1v) is 9.48. The highest BCUT2D eigenvalue weighted by Gasteiger charge is 2.29. The Balaban J connectivity index is 1.59. The van der Waals surface area contributed by atoms with Crippen molar-refractivity contribution in [2.24, 2.45) is 4.99 Å². The molecule has 0 unspecified atom stereocenters. The van der Waals surface area contributed by atoms with E-state index in [1.807, 2.05) is 41.2 Å². The summed E-state index contributed by atoms with van der Waals surface area (Å²) < 4.78 is 40.3. The molecule has 3 aromatic rings. The van der Waals surface area contributed by atoms with Gasteiger partial charge in [-0.25, -0.2) is 0 Å². The van der Waals surface area contributed by atoms with Gasteiger partial charge in [-0.05, 0) is 66.5 Å². The molecule has 0 spiro atoms. The van der Waals surface area contributed by atoms with Crippen molar-refractivity contribution < 1.29 is 13.2 Å². The van der Waals surface area contributed by atoms with Crippen LogP contribution in [0.1, 0.15) is 35.2 Å². The summed E-state index contributed by atoms with van der Waals surface area (Å²) in [5.74, 6) is 0. The highest BCUT2D eigenvalue weighted by molar-refractivity contribution is 6.15. The quantitative estimate of drug-likeness (QED) is 0.564. The van der Waals surface area contributed by atoms with Gasteiger partial charge in [-0.3, -0.25) is 9.98 Å². The van der Waals surface area contributed by atoms with Gasteiger partial charge in [0, 0.05) is 42.9 Å². The normalized spacial score (nSPS) is 16.1. The number of rotatable bonds is 4. The van der Waals surface area contributed by atoms with Crippen molar-refractivity contribution in [1.29, 1.82) is 0 Å². The molecule has 0 atom stereocenters. The van der Waals surface area contributed by atoms with Crippen molar-refractivity contribution in [2.45, 2.75) is 25.6 Å². The van der Waals surface area contributed by atoms with E-state index in [0.29, 0.717) is 6.54 Å². The summed E-state index contributed by atoms with van der Waals surface area (Å²) in [4.78, 5) is 8.90. The first-order valence-electron chi connectivity index (χ1n) is 9.48. The van der Waals surface area contributed by atoms with Crippen LogP contribution in [0.5, 0.6) is 0 Å². The lowest BCUT2D eigenvalue weighted by molar-refractivity contribution is -0.137. The number of hydrogen-bond acceptors (Lipinski definition) is 2. The monoisotopic (exact) mass is 395 g/mol. The lowest BCUT2D eigenvalue weighted by Crippen LogP contribution is -2.12. The molecule has 0 bridgehead atoms. The van der Waals surface area contributed by atoms with Gasteiger partial charge in [0.1, 0.15) is 0 Å². The lowest BCUT2D eigenvalue weighted by Gasteiger charge is -2.17. The number of aromatic nitrogens is 2. The summed E-state index contributed by atoms with van der Waals surface area (Å²) in [6, 6.07) is 13.2. The molecule has 1 aliphatic rings. The van der Waals surface area contributed by atoms with Crippen molar-refractivity contribution in [3.8, 4) is 0 Å². The smallest absolute Gasteiger partial charge is 0.344 e. The summed E-state index contributed by atoms with van der Waals surface area (Å²) in [7, 11) is 0. The maximum atomic E-state index is 12.8. The third kappa shape index (κ3) is 4.47. The van der Waals surface area contributed by atoms with Gasteiger partial charge in [0.25, 0.3) is 0 Å². The average molecular weight is 395 g/mol. The molecule has 6 heteroatoms. The predicted molar refractivity (Wildman–Crippen MR) is 108 cm³/mol. The zero-order valence-corrected chi connectivity index (χ0v) is 15.7. The standard InChI is InChI=1S/C23H20F3N3/c24-23(25,26)20-9-7-17(8-10-20)16-29-13-3-6-21(29)14-18-4-2-12-28-22(18)19-5-1-11-27-15-19/h1,3,5-11,13-15H,2,4,12,16H2. The van der Waals surface area contributed by atoms with Crippen LogP contribution in [0.2, 0.25) is 0 Å². The van der Waals surface area contributed by atoms with Crippen LogP contribution in [0, 0.1) is 0 Å². The molecular formula is C23H20F3N3. The van der Waals surface area contributed by atoms with Gasteiger partial charge in [-0.2, -0.15) is 13.2 Å². The molecule has 29 heavy (non-hydrogen) atoms. The Kier molecular flexibility index (Phi) is 5.34. The molecule has 0 aliphatic carbocycles. The highest BCUT2D eigenvalue weighted by Crippen LogP contribution is 2.29. The highest BCUT2D eigenvalue weighted by atomic mass is 19.4. The Bertz CT molecular complexity index is 1030. The topological polar surface area (TPSA) is 30.2 Å². The molecule has 1 aliphatic heterocycles. The zero-order valence-electron chi connectivity index (χ0n) is 15.7. The van der Waals surface area contributed by atoms with Crippen LogP contribution in [-0.2, 0) is 12.7 Å². The first-order chi connectivity index (χ1) is 14.0. The lowest BCUT2D eigenvalue weighted by atomic mass is 9.96. The van der Waals surface area contributed by atoms with Crippen molar-refractivity contribution in [3.05, 3.63) is 95.1 Å². The Morgan fingerprint density at radius 3 is 2.59 bits per heavy atom. The SMILES string of the molecule is FC(F)(F)c1ccc(Cn2cccc2C=C2CCCN=C2c2cccnc2)cc1. The Morgan fingerprint density at radius 1 is 1.03 bits per heavy atom. The third-order valence-electron chi connectivity index (χ3n) is 4.93. The van der Waals surface area contributed by atoms with Crippen LogP contribution in [0.3, 0.4) is 0 Å². The molecular weight excluding hydrogens is 375 g/mol. The van der Waals surface area contributed by atoms with Gasteiger partial charge in [0.2, 0.25) is 0 Å². The number of nitrogens with zero attached hydrogens (tertiary/aromatic N) is 3. The first kappa shape index (κ1) is 19.2. The van der Waals surface area contributed by atoms with Crippen molar-refractivity contribution in [1.82, 2.24) is 9.55 Å². The minimum atomic E-state index is -4.31. The maximum Gasteiger partial charge on any atom is 0.416 e. The van der Waals surface area contributed by atoms with Crippen LogP contribution in [0.25, 0.3) is 6.08 Å². The second-order valence-electron chi connectivity index (χ2n) is 7.00. The van der Waals surface area contributed by atoms with E-state index in [0.717, 1.165) is 59.6 Å². The second-order valence-corrected chi connectivity index (χ2v) is 7.00. The molecule has 1 aromatic carbocycles. The second kappa shape index (κ2) is 8.07. The molecule has 0 radical (unpaired) electrons. The summed E-state index contributed by atoms with van der Waals surface area (Å²) in [5, 5.41) is 0. The number of aliphatic imine (C=N–C) groups is 1. The van der Waals surface area contributed by atoms with Gasteiger partial charge in [-0.1, -0.05) is 12.1 Å². The van der Waals surface area contributed by atoms with Crippen LogP contribution in [0.15, 0.2) is 77.7 Å². The molecule has 3 heterocycles. The van der Waals surface area contributed by atoms with E-state index in [1.165, 1.54) is 12.1 Å². The molecule has 4 rings (SSSR count). The van der Waals surface area contributed by atoms with Gasteiger partial charge >= 0.3 is 6.18 Å². The summed E-state index contributed by atoms with van der Waals surface area (Å²) in [6.45, 7) is 1.30. The summed E-state index contributed by atoms with van der Waals surface area (Å²) in [5.41, 5.74) is 4.30. The van der Waals surface area contributed by atoms with E-state index < -0.39 is 11.7 Å². The van der Waals surface area contributed by atoms with E-state index in [9.17, 15) is 13.2 Å². The fourth-order valence-electron chi connectivity index (χ4n) is 3.48. The van der Waals surface area contributed by atoms with Gasteiger partial charge in [0.05, 0.1) is 11.3 Å². The van der Waals surface area contributed by atoms with Crippen LogP contribution in [0.4, 0.5) is 13.2 Å². The molecule has 0 fully saturated rings. The number of halogens is 3. The Labute approximate surface area is 167 Å². The largest absolute Gasteiger partial charge is 0.416 e. The Hall–Kier alpha value is -3.15. The zero-order chi connectivity index (χ0) is 20.3. The number of hydrogen-bond donors (Lipinski definition) is 0. The van der Waals surface area contributed by atoms with Crippen LogP contribution >= 0.6 is 0 Å². The number of pyridine rings is 1. The fraction of sp³-hybridized carbons (Fsp3) is 0.217. The third-order valence-corrected chi connectivity index (χ3v) is 4.93. The predicted octanol–water partition coefficient (Wildman–Crippen LogP) is 5.62. The maximum absolute atomic E-state index is 12.8. The molecule has 2 aromatic heterocycles. The fourth-order valence-corrected chi connectivity index (χ4v) is 3.48. The van der Waals surface area contributed by atoms with Gasteiger partial charge in [-0.15, -0.1) is 0 Å². The minimum Gasteiger partial charge on any atom is -0.344 e. The number of alkyl halides is 3. The molecule has 0 N–H and O–H groups in total. The molecule has 0 amide bonds. The molecule has 148 valence electrons. The van der Waals surface area contributed by atoms with E-state index in [2.05, 4.69) is 11.1 Å². The van der Waals surface area contributed by atoms with E-state index in [1.54, 1.807) is 6.20 Å². The summed E-state index contributed by atoms with van der Waals surface area (Å²) in [6.07, 6.45) is 5.23. The van der Waals surface area contributed by atoms with Crippen molar-refractivity contribution in [3.63, 3.8) is 0 Å². The van der Waals surface area contributed by atoms with E-state index >= 15 is 0 Å².